The van der Waals surface area contributed by atoms with E-state index in [-0.39, 0.29) is 23.2 Å². The van der Waals surface area contributed by atoms with Gasteiger partial charge >= 0.3 is 0 Å². The summed E-state index contributed by atoms with van der Waals surface area (Å²) in [6.45, 7) is 2.63. The van der Waals surface area contributed by atoms with Crippen molar-refractivity contribution in [3.63, 3.8) is 0 Å². The molecular weight excluding hydrogens is 328 g/mol. The van der Waals surface area contributed by atoms with Gasteiger partial charge in [0.25, 0.3) is 11.5 Å². The zero-order chi connectivity index (χ0) is 17.9. The number of hydrogen-bond acceptors (Lipinski definition) is 4. The summed E-state index contributed by atoms with van der Waals surface area (Å²) in [5.41, 5.74) is 1.25. The van der Waals surface area contributed by atoms with Crippen molar-refractivity contribution in [2.45, 2.75) is 19.0 Å². The first kappa shape index (κ1) is 16.5. The van der Waals surface area contributed by atoms with Gasteiger partial charge in [0.2, 0.25) is 0 Å². The van der Waals surface area contributed by atoms with Gasteiger partial charge in [0.05, 0.1) is 5.39 Å². The van der Waals surface area contributed by atoms with E-state index in [1.165, 1.54) is 5.56 Å². The third kappa shape index (κ3) is 3.36. The highest BCUT2D eigenvalue weighted by atomic mass is 16.2. The lowest BCUT2D eigenvalue weighted by Crippen LogP contribution is -2.38. The Hall–Kier alpha value is -2.99. The van der Waals surface area contributed by atoms with Gasteiger partial charge in [-0.25, -0.2) is 5.10 Å². The Morgan fingerprint density at radius 2 is 1.85 bits per heavy atom. The summed E-state index contributed by atoms with van der Waals surface area (Å²) < 4.78 is 0. The minimum absolute atomic E-state index is 0.0821. The van der Waals surface area contributed by atoms with Crippen LogP contribution in [-0.4, -0.2) is 40.1 Å². The SMILES string of the molecule is O=C(N[C@H]1CCN(Cc2ccccc2)C1)c1n[nH]c(=O)c2ccccc12. The molecule has 1 aromatic heterocycles. The first-order valence-corrected chi connectivity index (χ1v) is 8.75. The number of hydrogen-bond donors (Lipinski definition) is 2. The van der Waals surface area contributed by atoms with Crippen molar-refractivity contribution in [3.05, 3.63) is 76.2 Å². The number of carbonyl (C=O) groups is 1. The van der Waals surface area contributed by atoms with Gasteiger partial charge in [-0.2, -0.15) is 5.10 Å². The first-order chi connectivity index (χ1) is 12.7. The maximum atomic E-state index is 12.7. The average molecular weight is 348 g/mol. The molecule has 2 aromatic carbocycles. The Labute approximate surface area is 150 Å². The van der Waals surface area contributed by atoms with Crippen LogP contribution in [0.2, 0.25) is 0 Å². The number of amides is 1. The van der Waals surface area contributed by atoms with E-state index in [0.717, 1.165) is 26.1 Å². The molecule has 26 heavy (non-hydrogen) atoms. The normalized spacial score (nSPS) is 17.5. The highest BCUT2D eigenvalue weighted by molar-refractivity contribution is 6.04. The minimum atomic E-state index is -0.285. The second kappa shape index (κ2) is 7.09. The molecule has 2 N–H and O–H groups in total. The van der Waals surface area contributed by atoms with Crippen LogP contribution in [0.15, 0.2) is 59.4 Å². The lowest BCUT2D eigenvalue weighted by molar-refractivity contribution is 0.0933. The highest BCUT2D eigenvalue weighted by Gasteiger charge is 2.25. The summed E-state index contributed by atoms with van der Waals surface area (Å²) in [6, 6.07) is 17.4. The quantitative estimate of drug-likeness (QED) is 0.755. The molecule has 0 saturated carbocycles. The Kier molecular flexibility index (Phi) is 4.50. The monoisotopic (exact) mass is 348 g/mol. The molecule has 1 atom stereocenters. The summed E-state index contributed by atoms with van der Waals surface area (Å²) >= 11 is 0. The number of aromatic amines is 1. The largest absolute Gasteiger partial charge is 0.347 e. The fraction of sp³-hybridized carbons (Fsp3) is 0.250. The predicted molar refractivity (Wildman–Crippen MR) is 100.0 cm³/mol. The molecule has 2 heterocycles. The molecule has 0 spiro atoms. The third-order valence-electron chi connectivity index (χ3n) is 4.77. The van der Waals surface area contributed by atoms with E-state index in [2.05, 4.69) is 32.5 Å². The summed E-state index contributed by atoms with van der Waals surface area (Å²) in [6.07, 6.45) is 0.903. The van der Waals surface area contributed by atoms with Crippen molar-refractivity contribution in [1.82, 2.24) is 20.4 Å². The fourth-order valence-electron chi connectivity index (χ4n) is 3.48. The standard InChI is InChI=1S/C20H20N4O2/c25-19-17-9-5-4-8-16(17)18(22-23-19)20(26)21-15-10-11-24(13-15)12-14-6-2-1-3-7-14/h1-9,15H,10-13H2,(H,21,26)(H,23,25)/t15-/m0/s1. The van der Waals surface area contributed by atoms with Crippen molar-refractivity contribution >= 4 is 16.7 Å². The maximum absolute atomic E-state index is 12.7. The summed E-state index contributed by atoms with van der Waals surface area (Å²) in [4.78, 5) is 26.9. The number of nitrogens with zero attached hydrogens (tertiary/aromatic N) is 2. The van der Waals surface area contributed by atoms with E-state index < -0.39 is 0 Å². The summed E-state index contributed by atoms with van der Waals surface area (Å²) in [5, 5.41) is 10.5. The molecule has 0 bridgehead atoms. The zero-order valence-electron chi connectivity index (χ0n) is 14.3. The molecule has 0 unspecified atom stereocenters. The number of H-pyrrole nitrogens is 1. The molecule has 1 amide bonds. The number of likely N-dealkylation sites (tertiary alicyclic amines) is 1. The number of rotatable bonds is 4. The fourth-order valence-corrected chi connectivity index (χ4v) is 3.48. The van der Waals surface area contributed by atoms with Gasteiger partial charge < -0.3 is 5.32 Å². The molecule has 1 aliphatic rings. The van der Waals surface area contributed by atoms with Crippen LogP contribution in [0.5, 0.6) is 0 Å². The van der Waals surface area contributed by atoms with E-state index in [9.17, 15) is 9.59 Å². The molecule has 6 nitrogen and oxygen atoms in total. The van der Waals surface area contributed by atoms with Crippen LogP contribution < -0.4 is 10.9 Å². The molecule has 0 aliphatic carbocycles. The summed E-state index contributed by atoms with van der Waals surface area (Å²) in [7, 11) is 0. The zero-order valence-corrected chi connectivity index (χ0v) is 14.3. The van der Waals surface area contributed by atoms with E-state index >= 15 is 0 Å². The second-order valence-electron chi connectivity index (χ2n) is 6.63. The molecule has 1 saturated heterocycles. The smallest absolute Gasteiger partial charge is 0.272 e. The van der Waals surface area contributed by atoms with Gasteiger partial charge in [0.15, 0.2) is 5.69 Å². The van der Waals surface area contributed by atoms with E-state index in [1.54, 1.807) is 24.3 Å². The number of fused-ring (bicyclic) bond motifs is 1. The van der Waals surface area contributed by atoms with E-state index in [4.69, 9.17) is 0 Å². The van der Waals surface area contributed by atoms with Crippen LogP contribution in [0.1, 0.15) is 22.5 Å². The lowest BCUT2D eigenvalue weighted by Gasteiger charge is -2.17. The van der Waals surface area contributed by atoms with E-state index in [0.29, 0.717) is 10.8 Å². The van der Waals surface area contributed by atoms with Gasteiger partial charge in [-0.1, -0.05) is 48.5 Å². The molecule has 1 fully saturated rings. The highest BCUT2D eigenvalue weighted by Crippen LogP contribution is 2.16. The molecule has 6 heteroatoms. The van der Waals surface area contributed by atoms with Crippen LogP contribution in [0.25, 0.3) is 10.8 Å². The van der Waals surface area contributed by atoms with Gasteiger partial charge in [-0.05, 0) is 18.1 Å². The predicted octanol–water partition coefficient (Wildman–Crippen LogP) is 1.93. The molecule has 132 valence electrons. The van der Waals surface area contributed by atoms with Crippen LogP contribution in [0, 0.1) is 0 Å². The number of benzene rings is 2. The maximum Gasteiger partial charge on any atom is 0.272 e. The third-order valence-corrected chi connectivity index (χ3v) is 4.77. The average Bonchev–Trinajstić information content (AvgIpc) is 3.10. The van der Waals surface area contributed by atoms with Crippen LogP contribution >= 0.6 is 0 Å². The molecule has 0 radical (unpaired) electrons. The van der Waals surface area contributed by atoms with Gasteiger partial charge in [-0.15, -0.1) is 0 Å². The van der Waals surface area contributed by atoms with Crippen molar-refractivity contribution < 1.29 is 4.79 Å². The van der Waals surface area contributed by atoms with Crippen molar-refractivity contribution in [1.29, 1.82) is 0 Å². The lowest BCUT2D eigenvalue weighted by atomic mass is 10.1. The minimum Gasteiger partial charge on any atom is -0.347 e. The molecule has 3 aromatic rings. The first-order valence-electron chi connectivity index (χ1n) is 8.75. The Bertz CT molecular complexity index is 984. The van der Waals surface area contributed by atoms with Crippen molar-refractivity contribution in [3.8, 4) is 0 Å². The number of carbonyl (C=O) groups excluding carboxylic acids is 1. The van der Waals surface area contributed by atoms with Crippen molar-refractivity contribution in [2.75, 3.05) is 13.1 Å². The van der Waals surface area contributed by atoms with Gasteiger partial charge in [-0.3, -0.25) is 14.5 Å². The van der Waals surface area contributed by atoms with Crippen molar-refractivity contribution in [2.24, 2.45) is 0 Å². The topological polar surface area (TPSA) is 78.1 Å². The van der Waals surface area contributed by atoms with Gasteiger partial charge in [0.1, 0.15) is 0 Å². The summed E-state index contributed by atoms with van der Waals surface area (Å²) in [5.74, 6) is -0.246. The Balaban J connectivity index is 1.45. The van der Waals surface area contributed by atoms with Crippen LogP contribution in [0.4, 0.5) is 0 Å². The Morgan fingerprint density at radius 1 is 1.12 bits per heavy atom. The Morgan fingerprint density at radius 3 is 2.65 bits per heavy atom. The van der Waals surface area contributed by atoms with Crippen LogP contribution in [-0.2, 0) is 6.54 Å². The van der Waals surface area contributed by atoms with Crippen LogP contribution in [0.3, 0.4) is 0 Å². The number of nitrogens with one attached hydrogen (secondary N) is 2. The second-order valence-corrected chi connectivity index (χ2v) is 6.63. The van der Waals surface area contributed by atoms with Gasteiger partial charge in [0, 0.05) is 31.1 Å². The molecule has 1 aliphatic heterocycles. The van der Waals surface area contributed by atoms with E-state index in [1.807, 2.05) is 18.2 Å². The number of aromatic nitrogens is 2. The molecular formula is C20H20N4O2. The molecule has 4 rings (SSSR count).